The van der Waals surface area contributed by atoms with Gasteiger partial charge in [0.2, 0.25) is 0 Å². The van der Waals surface area contributed by atoms with Crippen LogP contribution in [-0.4, -0.2) is 27.5 Å². The summed E-state index contributed by atoms with van der Waals surface area (Å²) in [5.41, 5.74) is -0.462. The largest absolute Gasteiger partial charge is 0.421 e. The van der Waals surface area contributed by atoms with Gasteiger partial charge < -0.3 is 24.5 Å². The number of nitrogens with one attached hydrogen (secondary N) is 1. The smallest absolute Gasteiger partial charge is 0.341 e. The lowest BCUT2D eigenvalue weighted by molar-refractivity contribution is 0.0799. The molecule has 148 valence electrons. The molecule has 0 aliphatic rings. The minimum Gasteiger partial charge on any atom is -0.421 e. The summed E-state index contributed by atoms with van der Waals surface area (Å²) < 4.78 is 21.1. The van der Waals surface area contributed by atoms with Crippen molar-refractivity contribution in [2.24, 2.45) is 0 Å². The number of rotatable bonds is 5. The Bertz CT molecular complexity index is 1170. The molecule has 0 aliphatic carbocycles. The second kappa shape index (κ2) is 7.86. The van der Waals surface area contributed by atoms with Crippen molar-refractivity contribution in [2.45, 2.75) is 26.5 Å². The molecule has 1 atom stereocenters. The Kier molecular flexibility index (Phi) is 5.69. The number of aliphatic hydroxyl groups is 2. The van der Waals surface area contributed by atoms with Gasteiger partial charge in [0.25, 0.3) is 5.56 Å². The number of nitrogens with zero attached hydrogens (tertiary/aromatic N) is 1. The quantitative estimate of drug-likeness (QED) is 0.549. The number of halogens is 2. The van der Waals surface area contributed by atoms with Crippen molar-refractivity contribution < 1.29 is 19.0 Å². The molecular weight excluding hydrogens is 435 g/mol. The fourth-order valence-electron chi connectivity index (χ4n) is 2.89. The van der Waals surface area contributed by atoms with Crippen LogP contribution in [0.2, 0.25) is 0 Å². The molecule has 0 amide bonds. The molecule has 2 aromatic heterocycles. The number of hydrogen-bond acceptors (Lipinski definition) is 6. The van der Waals surface area contributed by atoms with E-state index in [-0.39, 0.29) is 34.5 Å². The highest BCUT2D eigenvalue weighted by atomic mass is 79.9. The van der Waals surface area contributed by atoms with E-state index < -0.39 is 29.7 Å². The van der Waals surface area contributed by atoms with Crippen molar-refractivity contribution in [1.82, 2.24) is 4.57 Å². The molecule has 7 nitrogen and oxygen atoms in total. The maximum Gasteiger partial charge on any atom is 0.341 e. The molecule has 0 saturated carbocycles. The number of anilines is 2. The zero-order chi connectivity index (χ0) is 20.6. The summed E-state index contributed by atoms with van der Waals surface area (Å²) in [4.78, 5) is 25.5. The number of pyridine rings is 1. The van der Waals surface area contributed by atoms with Crippen LogP contribution in [0.3, 0.4) is 0 Å². The maximum absolute atomic E-state index is 14.1. The van der Waals surface area contributed by atoms with Crippen LogP contribution in [0.1, 0.15) is 11.3 Å². The van der Waals surface area contributed by atoms with Gasteiger partial charge in [-0.2, -0.15) is 0 Å². The zero-order valence-corrected chi connectivity index (χ0v) is 16.7. The highest BCUT2D eigenvalue weighted by Gasteiger charge is 2.22. The van der Waals surface area contributed by atoms with Crippen LogP contribution in [0.4, 0.5) is 15.8 Å². The highest BCUT2D eigenvalue weighted by molar-refractivity contribution is 9.10. The lowest BCUT2D eigenvalue weighted by atomic mass is 10.1. The third-order valence-corrected chi connectivity index (χ3v) is 5.41. The topological polar surface area (TPSA) is 105 Å². The average Bonchev–Trinajstić information content (AvgIpc) is 2.68. The highest BCUT2D eigenvalue weighted by Crippen LogP contribution is 2.32. The van der Waals surface area contributed by atoms with E-state index in [1.165, 1.54) is 29.7 Å². The van der Waals surface area contributed by atoms with Crippen molar-refractivity contribution >= 4 is 38.3 Å². The summed E-state index contributed by atoms with van der Waals surface area (Å²) in [7, 11) is 0. The molecule has 3 rings (SSSR count). The van der Waals surface area contributed by atoms with Gasteiger partial charge in [-0.1, -0.05) is 12.1 Å². The minimum absolute atomic E-state index is 0.0201. The van der Waals surface area contributed by atoms with E-state index in [2.05, 4.69) is 21.2 Å². The second-order valence-electron chi connectivity index (χ2n) is 6.35. The SMILES string of the molecule is Cc1c(Nc2ccccc2F)c2c(=O)n(CC(O)CO)c(C)c(Br)c2oc1=O. The maximum atomic E-state index is 14.1. The van der Waals surface area contributed by atoms with Crippen molar-refractivity contribution in [3.63, 3.8) is 0 Å². The van der Waals surface area contributed by atoms with Crippen molar-refractivity contribution in [3.05, 3.63) is 66.6 Å². The number of aromatic nitrogens is 1. The summed E-state index contributed by atoms with van der Waals surface area (Å²) in [6.07, 6.45) is -1.15. The predicted molar refractivity (Wildman–Crippen MR) is 107 cm³/mol. The molecule has 3 N–H and O–H groups in total. The Morgan fingerprint density at radius 3 is 2.61 bits per heavy atom. The van der Waals surface area contributed by atoms with Gasteiger partial charge in [0.1, 0.15) is 11.2 Å². The molecule has 0 aliphatic heterocycles. The van der Waals surface area contributed by atoms with Crippen molar-refractivity contribution in [3.8, 4) is 0 Å². The number of para-hydroxylation sites is 1. The lowest BCUT2D eigenvalue weighted by Crippen LogP contribution is -2.31. The summed E-state index contributed by atoms with van der Waals surface area (Å²) in [5.74, 6) is -0.550. The average molecular weight is 453 g/mol. The minimum atomic E-state index is -1.15. The Morgan fingerprint density at radius 1 is 1.29 bits per heavy atom. The first-order chi connectivity index (χ1) is 13.3. The molecule has 0 fully saturated rings. The standard InChI is InChI=1S/C19H18BrFN2O5/c1-9-16(22-13-6-4-3-5-12(13)21)14-17(28-19(9)27)15(20)10(2)23(18(14)26)7-11(25)8-24/h3-6,11,22,24-25H,7-8H2,1-2H3. The van der Waals surface area contributed by atoms with Crippen LogP contribution in [0, 0.1) is 19.7 Å². The second-order valence-corrected chi connectivity index (χ2v) is 7.14. The first-order valence-electron chi connectivity index (χ1n) is 8.43. The summed E-state index contributed by atoms with van der Waals surface area (Å²) in [6, 6.07) is 5.87. The normalized spacial score (nSPS) is 12.4. The molecule has 0 saturated heterocycles. The number of aliphatic hydroxyl groups excluding tert-OH is 2. The number of benzene rings is 1. The van der Waals surface area contributed by atoms with Gasteiger partial charge >= 0.3 is 5.63 Å². The first kappa shape index (κ1) is 20.2. The molecule has 0 bridgehead atoms. The lowest BCUT2D eigenvalue weighted by Gasteiger charge is -2.18. The molecule has 28 heavy (non-hydrogen) atoms. The van der Waals surface area contributed by atoms with Gasteiger partial charge in [0.05, 0.1) is 40.7 Å². The molecule has 1 unspecified atom stereocenters. The monoisotopic (exact) mass is 452 g/mol. The molecule has 9 heteroatoms. The van der Waals surface area contributed by atoms with E-state index in [0.29, 0.717) is 10.2 Å². The van der Waals surface area contributed by atoms with Gasteiger partial charge in [-0.05, 0) is 41.9 Å². The van der Waals surface area contributed by atoms with Gasteiger partial charge in [0, 0.05) is 5.69 Å². The molecule has 3 aromatic rings. The Hall–Kier alpha value is -2.49. The van der Waals surface area contributed by atoms with E-state index in [1.54, 1.807) is 13.0 Å². The molecule has 1 aromatic carbocycles. The number of fused-ring (bicyclic) bond motifs is 1. The van der Waals surface area contributed by atoms with Crippen molar-refractivity contribution in [1.29, 1.82) is 0 Å². The summed E-state index contributed by atoms with van der Waals surface area (Å²) in [6.45, 7) is 2.39. The fraction of sp³-hybridized carbons (Fsp3) is 0.263. The van der Waals surface area contributed by atoms with Gasteiger partial charge in [-0.3, -0.25) is 4.79 Å². The van der Waals surface area contributed by atoms with E-state index in [1.807, 2.05) is 0 Å². The summed E-state index contributed by atoms with van der Waals surface area (Å²) >= 11 is 3.33. The van der Waals surface area contributed by atoms with Gasteiger partial charge in [0.15, 0.2) is 5.58 Å². The molecule has 0 radical (unpaired) electrons. The van der Waals surface area contributed by atoms with Crippen molar-refractivity contribution in [2.75, 3.05) is 11.9 Å². The van der Waals surface area contributed by atoms with Gasteiger partial charge in [-0.15, -0.1) is 0 Å². The zero-order valence-electron chi connectivity index (χ0n) is 15.1. The van der Waals surface area contributed by atoms with Crippen LogP contribution in [-0.2, 0) is 6.54 Å². The Morgan fingerprint density at radius 2 is 1.96 bits per heavy atom. The van der Waals surface area contributed by atoms with Crippen LogP contribution in [0.25, 0.3) is 11.0 Å². The van der Waals surface area contributed by atoms with E-state index in [9.17, 15) is 19.1 Å². The first-order valence-corrected chi connectivity index (χ1v) is 9.22. The number of hydrogen-bond donors (Lipinski definition) is 3. The van der Waals surface area contributed by atoms with Crippen LogP contribution >= 0.6 is 15.9 Å². The van der Waals surface area contributed by atoms with E-state index >= 15 is 0 Å². The third kappa shape index (κ3) is 3.48. The van der Waals surface area contributed by atoms with Crippen LogP contribution < -0.4 is 16.5 Å². The molecule has 0 spiro atoms. The Balaban J connectivity index is 2.37. The fourth-order valence-corrected chi connectivity index (χ4v) is 3.39. The molecular formula is C19H18BrFN2O5. The van der Waals surface area contributed by atoms with E-state index in [0.717, 1.165) is 0 Å². The Labute approximate surface area is 167 Å². The van der Waals surface area contributed by atoms with E-state index in [4.69, 9.17) is 9.52 Å². The van der Waals surface area contributed by atoms with Crippen LogP contribution in [0.15, 0.2) is 42.7 Å². The van der Waals surface area contributed by atoms with Crippen LogP contribution in [0.5, 0.6) is 0 Å². The van der Waals surface area contributed by atoms with Gasteiger partial charge in [-0.25, -0.2) is 9.18 Å². The summed E-state index contributed by atoms with van der Waals surface area (Å²) in [5, 5.41) is 21.8. The molecule has 2 heterocycles. The predicted octanol–water partition coefficient (Wildman–Crippen LogP) is 2.57. The third-order valence-electron chi connectivity index (χ3n) is 4.47.